The Morgan fingerprint density at radius 1 is 1.15 bits per heavy atom. The van der Waals surface area contributed by atoms with E-state index in [1.807, 2.05) is 36.5 Å². The van der Waals surface area contributed by atoms with E-state index in [4.69, 9.17) is 11.6 Å². The first-order valence-corrected chi connectivity index (χ1v) is 7.25. The Hall–Kier alpha value is -1.65. The number of nitrogens with one attached hydrogen (secondary N) is 1. The SMILES string of the molecule is Clc1cccc(-c2ccnc(N3CCCNCC3)n2)c1. The number of hydrogen-bond acceptors (Lipinski definition) is 4. The Morgan fingerprint density at radius 3 is 3.00 bits per heavy atom. The van der Waals surface area contributed by atoms with E-state index in [1.54, 1.807) is 0 Å². The molecule has 0 atom stereocenters. The van der Waals surface area contributed by atoms with Gasteiger partial charge in [0.05, 0.1) is 5.69 Å². The smallest absolute Gasteiger partial charge is 0.225 e. The van der Waals surface area contributed by atoms with E-state index in [-0.39, 0.29) is 0 Å². The summed E-state index contributed by atoms with van der Waals surface area (Å²) in [7, 11) is 0. The number of benzene rings is 1. The number of nitrogens with zero attached hydrogens (tertiary/aromatic N) is 3. The van der Waals surface area contributed by atoms with Crippen molar-refractivity contribution < 1.29 is 0 Å². The van der Waals surface area contributed by atoms with Crippen LogP contribution in [0.3, 0.4) is 0 Å². The fourth-order valence-electron chi connectivity index (χ4n) is 2.36. The van der Waals surface area contributed by atoms with Crippen molar-refractivity contribution in [3.63, 3.8) is 0 Å². The molecule has 1 aliphatic rings. The lowest BCUT2D eigenvalue weighted by Gasteiger charge is -2.20. The van der Waals surface area contributed by atoms with Crippen LogP contribution in [0.2, 0.25) is 5.02 Å². The third-order valence-electron chi connectivity index (χ3n) is 3.39. The molecule has 0 saturated carbocycles. The van der Waals surface area contributed by atoms with Crippen LogP contribution >= 0.6 is 11.6 Å². The zero-order valence-corrected chi connectivity index (χ0v) is 12.0. The molecular weight excluding hydrogens is 272 g/mol. The summed E-state index contributed by atoms with van der Waals surface area (Å²) in [5.74, 6) is 0.797. The highest BCUT2D eigenvalue weighted by atomic mass is 35.5. The Bertz CT molecular complexity index is 580. The van der Waals surface area contributed by atoms with Crippen molar-refractivity contribution in [3.05, 3.63) is 41.6 Å². The number of aromatic nitrogens is 2. The second-order valence-corrected chi connectivity index (χ2v) is 5.28. The average Bonchev–Trinajstić information content (AvgIpc) is 2.76. The summed E-state index contributed by atoms with van der Waals surface area (Å²) in [6.45, 7) is 3.97. The van der Waals surface area contributed by atoms with Crippen molar-refractivity contribution >= 4 is 17.5 Å². The van der Waals surface area contributed by atoms with Gasteiger partial charge in [-0.25, -0.2) is 9.97 Å². The molecule has 1 aliphatic heterocycles. The highest BCUT2D eigenvalue weighted by molar-refractivity contribution is 6.30. The van der Waals surface area contributed by atoms with E-state index in [0.717, 1.165) is 54.8 Å². The van der Waals surface area contributed by atoms with Gasteiger partial charge in [-0.2, -0.15) is 0 Å². The highest BCUT2D eigenvalue weighted by Gasteiger charge is 2.12. The van der Waals surface area contributed by atoms with Gasteiger partial charge in [-0.05, 0) is 31.2 Å². The zero-order valence-electron chi connectivity index (χ0n) is 11.2. The molecule has 1 N–H and O–H groups in total. The summed E-state index contributed by atoms with van der Waals surface area (Å²) in [6.07, 6.45) is 2.93. The van der Waals surface area contributed by atoms with Crippen molar-refractivity contribution in [2.75, 3.05) is 31.1 Å². The second-order valence-electron chi connectivity index (χ2n) is 4.84. The van der Waals surface area contributed by atoms with E-state index in [9.17, 15) is 0 Å². The monoisotopic (exact) mass is 288 g/mol. The first-order valence-electron chi connectivity index (χ1n) is 6.87. The minimum atomic E-state index is 0.724. The van der Waals surface area contributed by atoms with Crippen LogP contribution in [0.25, 0.3) is 11.3 Å². The second kappa shape index (κ2) is 6.20. The van der Waals surface area contributed by atoms with Gasteiger partial charge in [-0.15, -0.1) is 0 Å². The quantitative estimate of drug-likeness (QED) is 0.922. The molecule has 0 unspecified atom stereocenters. The summed E-state index contributed by atoms with van der Waals surface area (Å²) in [4.78, 5) is 11.3. The fourth-order valence-corrected chi connectivity index (χ4v) is 2.55. The van der Waals surface area contributed by atoms with Gasteiger partial charge < -0.3 is 10.2 Å². The molecule has 1 aromatic heterocycles. The topological polar surface area (TPSA) is 41.1 Å². The van der Waals surface area contributed by atoms with E-state index in [2.05, 4.69) is 20.2 Å². The normalized spacial score (nSPS) is 15.9. The summed E-state index contributed by atoms with van der Waals surface area (Å²) < 4.78 is 0. The van der Waals surface area contributed by atoms with Gasteiger partial charge in [0, 0.05) is 36.4 Å². The summed E-state index contributed by atoms with van der Waals surface area (Å²) in [5, 5.41) is 4.11. The Labute approximate surface area is 123 Å². The Morgan fingerprint density at radius 2 is 2.10 bits per heavy atom. The van der Waals surface area contributed by atoms with Crippen LogP contribution in [0, 0.1) is 0 Å². The van der Waals surface area contributed by atoms with Crippen LogP contribution in [0.5, 0.6) is 0 Å². The first kappa shape index (κ1) is 13.3. The maximum absolute atomic E-state index is 6.04. The maximum Gasteiger partial charge on any atom is 0.225 e. The molecule has 0 bridgehead atoms. The van der Waals surface area contributed by atoms with E-state index in [0.29, 0.717) is 0 Å². The highest BCUT2D eigenvalue weighted by Crippen LogP contribution is 2.22. The van der Waals surface area contributed by atoms with Crippen molar-refractivity contribution in [2.24, 2.45) is 0 Å². The standard InChI is InChI=1S/C15H17ClN4/c16-13-4-1-3-12(11-13)14-5-7-18-15(19-14)20-9-2-6-17-8-10-20/h1,3-5,7,11,17H,2,6,8-10H2. The van der Waals surface area contributed by atoms with Crippen LogP contribution in [0.1, 0.15) is 6.42 Å². The van der Waals surface area contributed by atoms with Gasteiger partial charge in [0.1, 0.15) is 0 Å². The van der Waals surface area contributed by atoms with Gasteiger partial charge >= 0.3 is 0 Å². The molecule has 2 aromatic rings. The predicted octanol–water partition coefficient (Wildman–Crippen LogP) is 2.60. The largest absolute Gasteiger partial charge is 0.339 e. The lowest BCUT2D eigenvalue weighted by molar-refractivity contribution is 0.724. The molecule has 1 fully saturated rings. The lowest BCUT2D eigenvalue weighted by atomic mass is 10.1. The van der Waals surface area contributed by atoms with Crippen LogP contribution in [-0.2, 0) is 0 Å². The van der Waals surface area contributed by atoms with Crippen molar-refractivity contribution in [1.82, 2.24) is 15.3 Å². The van der Waals surface area contributed by atoms with Gasteiger partial charge in [0.25, 0.3) is 0 Å². The zero-order chi connectivity index (χ0) is 13.8. The van der Waals surface area contributed by atoms with Crippen LogP contribution in [0.15, 0.2) is 36.5 Å². The lowest BCUT2D eigenvalue weighted by Crippen LogP contribution is -2.29. The summed E-state index contributed by atoms with van der Waals surface area (Å²) in [5.41, 5.74) is 1.93. The van der Waals surface area contributed by atoms with Crippen LogP contribution < -0.4 is 10.2 Å². The minimum absolute atomic E-state index is 0.724. The number of rotatable bonds is 2. The maximum atomic E-state index is 6.04. The molecule has 2 heterocycles. The van der Waals surface area contributed by atoms with Gasteiger partial charge in [0.2, 0.25) is 5.95 Å². The van der Waals surface area contributed by atoms with Crippen molar-refractivity contribution in [3.8, 4) is 11.3 Å². The summed E-state index contributed by atoms with van der Waals surface area (Å²) in [6, 6.07) is 9.67. The van der Waals surface area contributed by atoms with Crippen LogP contribution in [0.4, 0.5) is 5.95 Å². The molecule has 0 amide bonds. The molecule has 0 radical (unpaired) electrons. The van der Waals surface area contributed by atoms with Gasteiger partial charge in [0.15, 0.2) is 0 Å². The molecule has 1 saturated heterocycles. The first-order chi connectivity index (χ1) is 9.83. The van der Waals surface area contributed by atoms with E-state index >= 15 is 0 Å². The predicted molar refractivity (Wildman–Crippen MR) is 82.2 cm³/mol. The summed E-state index contributed by atoms with van der Waals surface area (Å²) >= 11 is 6.04. The number of hydrogen-bond donors (Lipinski definition) is 1. The van der Waals surface area contributed by atoms with Gasteiger partial charge in [-0.3, -0.25) is 0 Å². The van der Waals surface area contributed by atoms with E-state index < -0.39 is 0 Å². The number of anilines is 1. The fraction of sp³-hybridized carbons (Fsp3) is 0.333. The molecule has 5 heteroatoms. The van der Waals surface area contributed by atoms with Gasteiger partial charge in [-0.1, -0.05) is 23.7 Å². The third kappa shape index (κ3) is 3.08. The molecule has 0 spiro atoms. The van der Waals surface area contributed by atoms with Crippen molar-refractivity contribution in [1.29, 1.82) is 0 Å². The average molecular weight is 289 g/mol. The molecular formula is C15H17ClN4. The Balaban J connectivity index is 1.89. The molecule has 3 rings (SSSR count). The molecule has 1 aromatic carbocycles. The molecule has 4 nitrogen and oxygen atoms in total. The van der Waals surface area contributed by atoms with Crippen LogP contribution in [-0.4, -0.2) is 36.1 Å². The minimum Gasteiger partial charge on any atom is -0.339 e. The molecule has 0 aliphatic carbocycles. The third-order valence-corrected chi connectivity index (χ3v) is 3.62. The molecule has 104 valence electrons. The molecule has 20 heavy (non-hydrogen) atoms. The number of halogens is 1. The Kier molecular flexibility index (Phi) is 4.14. The van der Waals surface area contributed by atoms with E-state index in [1.165, 1.54) is 0 Å². The van der Waals surface area contributed by atoms with Crippen molar-refractivity contribution in [2.45, 2.75) is 6.42 Å².